The molecule has 0 saturated carbocycles. The largest absolute Gasteiger partial charge is 0.870 e. The van der Waals surface area contributed by atoms with Gasteiger partial charge in [-0.05, 0) is 18.2 Å². The van der Waals surface area contributed by atoms with Gasteiger partial charge in [0, 0.05) is 36.5 Å². The SMILES string of the molecule is NC1=CC=C=C[CH]1.O.[OH-].[OH-].[Sb]. The Bertz CT molecular complexity index is 161. The van der Waals surface area contributed by atoms with Crippen LogP contribution in [0.25, 0.3) is 0 Å². The number of nitrogens with two attached hydrogens (primary N) is 1. The van der Waals surface area contributed by atoms with Gasteiger partial charge in [0.15, 0.2) is 0 Å². The third-order valence-electron chi connectivity index (χ3n) is 0.744. The molecule has 5 heteroatoms. The first-order valence-corrected chi connectivity index (χ1v) is 2.11. The normalized spacial score (nSPS) is 10.7. The molecular weight excluding hydrogens is 256 g/mol. The van der Waals surface area contributed by atoms with Crippen molar-refractivity contribution in [1.82, 2.24) is 0 Å². The summed E-state index contributed by atoms with van der Waals surface area (Å²) in [6.07, 6.45) is 7.19. The summed E-state index contributed by atoms with van der Waals surface area (Å²) >= 11 is 0. The van der Waals surface area contributed by atoms with Crippen molar-refractivity contribution in [3.05, 3.63) is 36.1 Å². The zero-order valence-electron chi connectivity index (χ0n) is 5.73. The minimum absolute atomic E-state index is 0. The molecule has 0 amide bonds. The van der Waals surface area contributed by atoms with Crippen molar-refractivity contribution in [2.75, 3.05) is 0 Å². The van der Waals surface area contributed by atoms with E-state index in [0.717, 1.165) is 5.70 Å². The molecule has 4 radical (unpaired) electrons. The number of rotatable bonds is 0. The third kappa shape index (κ3) is 9.76. The molecule has 0 heterocycles. The van der Waals surface area contributed by atoms with Gasteiger partial charge in [0.25, 0.3) is 0 Å². The van der Waals surface area contributed by atoms with Gasteiger partial charge in [-0.3, -0.25) is 0 Å². The molecule has 0 aromatic carbocycles. The van der Waals surface area contributed by atoms with Crippen LogP contribution in [-0.4, -0.2) is 40.9 Å². The predicted octanol–water partition coefficient (Wildman–Crippen LogP) is -0.801. The van der Waals surface area contributed by atoms with Gasteiger partial charge in [0.2, 0.25) is 0 Å². The fraction of sp³-hybridized carbons (Fsp3) is 0. The summed E-state index contributed by atoms with van der Waals surface area (Å²) in [4.78, 5) is 0. The van der Waals surface area contributed by atoms with Crippen LogP contribution in [0.2, 0.25) is 0 Å². The van der Waals surface area contributed by atoms with Crippen molar-refractivity contribution in [1.29, 1.82) is 0 Å². The van der Waals surface area contributed by atoms with Crippen LogP contribution in [0, 0.1) is 6.42 Å². The first-order chi connectivity index (χ1) is 3.39. The Balaban J connectivity index is -0.0000000612. The Labute approximate surface area is 82.8 Å². The number of hydrogen-bond donors (Lipinski definition) is 1. The molecule has 4 nitrogen and oxygen atoms in total. The molecule has 0 aromatic heterocycles. The predicted molar refractivity (Wildman–Crippen MR) is 42.5 cm³/mol. The van der Waals surface area contributed by atoms with Gasteiger partial charge in [-0.2, -0.15) is 0 Å². The van der Waals surface area contributed by atoms with Gasteiger partial charge in [0.05, 0.1) is 0 Å². The first-order valence-electron chi connectivity index (χ1n) is 2.11. The fourth-order valence-corrected chi connectivity index (χ4v) is 0.400. The first kappa shape index (κ1) is 22.4. The molecule has 6 N–H and O–H groups in total. The van der Waals surface area contributed by atoms with Crippen molar-refractivity contribution in [2.45, 2.75) is 0 Å². The Kier molecular flexibility index (Phi) is 25.4. The summed E-state index contributed by atoms with van der Waals surface area (Å²) in [7, 11) is 0. The summed E-state index contributed by atoms with van der Waals surface area (Å²) in [5, 5.41) is 0. The molecule has 0 saturated heterocycles. The van der Waals surface area contributed by atoms with E-state index in [1.807, 2.05) is 0 Å². The van der Waals surface area contributed by atoms with E-state index in [4.69, 9.17) is 5.73 Å². The van der Waals surface area contributed by atoms with Crippen LogP contribution in [0.5, 0.6) is 0 Å². The van der Waals surface area contributed by atoms with Crippen LogP contribution in [0.4, 0.5) is 0 Å². The van der Waals surface area contributed by atoms with E-state index in [2.05, 4.69) is 5.73 Å². The standard InChI is InChI=1S/C6H6N.3H2O.Sb/c7-6-4-2-1-3-5-6;;;;/h2-5H,7H2;3*1H2;/p-2. The summed E-state index contributed by atoms with van der Waals surface area (Å²) in [5.74, 6) is 0. The second-order valence-corrected chi connectivity index (χ2v) is 1.33. The summed E-state index contributed by atoms with van der Waals surface area (Å²) in [6, 6.07) is 0. The van der Waals surface area contributed by atoms with Gasteiger partial charge in [-0.15, -0.1) is 5.73 Å². The van der Waals surface area contributed by atoms with E-state index in [0.29, 0.717) is 0 Å². The monoisotopic (exact) mass is 265 g/mol. The van der Waals surface area contributed by atoms with E-state index >= 15 is 0 Å². The average molecular weight is 266 g/mol. The molecular formula is C6H10NO3Sb-2. The van der Waals surface area contributed by atoms with Crippen LogP contribution < -0.4 is 5.73 Å². The van der Waals surface area contributed by atoms with E-state index < -0.39 is 0 Å². The summed E-state index contributed by atoms with van der Waals surface area (Å²) < 4.78 is 0. The van der Waals surface area contributed by atoms with Crippen molar-refractivity contribution in [2.24, 2.45) is 5.73 Å². The second-order valence-electron chi connectivity index (χ2n) is 1.33. The zero-order valence-corrected chi connectivity index (χ0v) is 8.28. The zero-order chi connectivity index (χ0) is 5.11. The number of hydrogen-bond acceptors (Lipinski definition) is 3. The second kappa shape index (κ2) is 12.4. The molecule has 0 atom stereocenters. The molecule has 1 aliphatic carbocycles. The minimum Gasteiger partial charge on any atom is -0.870 e. The van der Waals surface area contributed by atoms with Crippen LogP contribution >= 0.6 is 0 Å². The Morgan fingerprint density at radius 2 is 1.73 bits per heavy atom. The van der Waals surface area contributed by atoms with Crippen LogP contribution in [0.3, 0.4) is 0 Å². The van der Waals surface area contributed by atoms with Crippen molar-refractivity contribution < 1.29 is 16.4 Å². The molecule has 1 aliphatic rings. The molecule has 0 spiro atoms. The molecule has 1 rings (SSSR count). The molecule has 0 unspecified atom stereocenters. The summed E-state index contributed by atoms with van der Waals surface area (Å²) in [5.41, 5.74) is 8.98. The van der Waals surface area contributed by atoms with Crippen molar-refractivity contribution in [3.8, 4) is 0 Å². The molecule has 0 aromatic rings. The van der Waals surface area contributed by atoms with E-state index in [1.54, 1.807) is 24.6 Å². The summed E-state index contributed by atoms with van der Waals surface area (Å²) in [6.45, 7) is 0. The quantitative estimate of drug-likeness (QED) is 0.456. The Morgan fingerprint density at radius 1 is 1.18 bits per heavy atom. The van der Waals surface area contributed by atoms with Crippen LogP contribution in [0.15, 0.2) is 29.7 Å². The third-order valence-corrected chi connectivity index (χ3v) is 0.744. The van der Waals surface area contributed by atoms with Gasteiger partial charge in [-0.1, -0.05) is 0 Å². The smallest absolute Gasteiger partial charge is 0.0363 e. The molecule has 64 valence electrons. The van der Waals surface area contributed by atoms with Crippen LogP contribution in [-0.2, 0) is 0 Å². The van der Waals surface area contributed by atoms with E-state index in [-0.39, 0.29) is 40.9 Å². The molecule has 11 heavy (non-hydrogen) atoms. The van der Waals surface area contributed by atoms with Crippen molar-refractivity contribution >= 4 is 24.4 Å². The maximum atomic E-state index is 5.34. The average Bonchev–Trinajstić information content (AvgIpc) is 1.69. The van der Waals surface area contributed by atoms with E-state index in [1.165, 1.54) is 0 Å². The van der Waals surface area contributed by atoms with Gasteiger partial charge in [-0.25, -0.2) is 0 Å². The van der Waals surface area contributed by atoms with Crippen LogP contribution in [0.1, 0.15) is 0 Å². The molecule has 0 aliphatic heterocycles. The van der Waals surface area contributed by atoms with Gasteiger partial charge in [0.1, 0.15) is 0 Å². The maximum absolute atomic E-state index is 5.34. The Hall–Kier alpha value is -0.242. The minimum atomic E-state index is 0. The number of allylic oxidation sites excluding steroid dienone is 2. The molecule has 0 bridgehead atoms. The van der Waals surface area contributed by atoms with E-state index in [9.17, 15) is 0 Å². The van der Waals surface area contributed by atoms with Gasteiger partial charge >= 0.3 is 0 Å². The maximum Gasteiger partial charge on any atom is 0.0363 e. The Morgan fingerprint density at radius 3 is 1.91 bits per heavy atom. The molecule has 0 fully saturated rings. The van der Waals surface area contributed by atoms with Crippen molar-refractivity contribution in [3.63, 3.8) is 0 Å². The van der Waals surface area contributed by atoms with Gasteiger partial charge < -0.3 is 22.2 Å². The topological polar surface area (TPSA) is 118 Å². The fourth-order valence-electron chi connectivity index (χ4n) is 0.400.